The number of aliphatic hydroxyl groups is 1. The molecular formula is C11H20N4O2. The molecule has 0 radical (unpaired) electrons. The van der Waals surface area contributed by atoms with E-state index in [4.69, 9.17) is 10.8 Å². The average Bonchev–Trinajstić information content (AvgIpc) is 2.75. The lowest BCUT2D eigenvalue weighted by molar-refractivity contribution is 0.0906. The van der Waals surface area contributed by atoms with Gasteiger partial charge >= 0.3 is 0 Å². The average molecular weight is 240 g/mol. The van der Waals surface area contributed by atoms with Gasteiger partial charge in [-0.1, -0.05) is 13.8 Å². The van der Waals surface area contributed by atoms with Crippen LogP contribution in [0.3, 0.4) is 0 Å². The van der Waals surface area contributed by atoms with Crippen molar-refractivity contribution in [1.29, 1.82) is 0 Å². The van der Waals surface area contributed by atoms with Crippen LogP contribution in [0.5, 0.6) is 0 Å². The second-order valence-corrected chi connectivity index (χ2v) is 4.79. The second kappa shape index (κ2) is 5.79. The lowest BCUT2D eigenvalue weighted by atomic mass is 9.95. The first-order valence-corrected chi connectivity index (χ1v) is 5.59. The molecule has 0 spiro atoms. The zero-order chi connectivity index (χ0) is 12.9. The molecule has 0 aliphatic rings. The van der Waals surface area contributed by atoms with Gasteiger partial charge in [-0.25, -0.2) is 4.98 Å². The van der Waals surface area contributed by atoms with Gasteiger partial charge in [0.1, 0.15) is 5.69 Å². The molecule has 0 aliphatic carbocycles. The standard InChI is InChI=1S/C11H20N4O2/c1-11(2,7-16)6-13-10(17)9-5-15(4-3-12)8-14-9/h5,8,16H,3-4,6-7,12H2,1-2H3,(H,13,17). The van der Waals surface area contributed by atoms with Gasteiger partial charge < -0.3 is 20.7 Å². The molecule has 4 N–H and O–H groups in total. The SMILES string of the molecule is CC(C)(CO)CNC(=O)c1cn(CCN)cn1. The summed E-state index contributed by atoms with van der Waals surface area (Å²) in [6.45, 7) is 5.33. The number of nitrogens with zero attached hydrogens (tertiary/aromatic N) is 2. The number of nitrogens with one attached hydrogen (secondary N) is 1. The van der Waals surface area contributed by atoms with Crippen LogP contribution in [-0.2, 0) is 6.54 Å². The Balaban J connectivity index is 2.52. The van der Waals surface area contributed by atoms with Crippen LogP contribution in [0.4, 0.5) is 0 Å². The van der Waals surface area contributed by atoms with Crippen LogP contribution < -0.4 is 11.1 Å². The molecule has 1 amide bonds. The normalized spacial score (nSPS) is 11.5. The summed E-state index contributed by atoms with van der Waals surface area (Å²) in [5.41, 5.74) is 5.45. The topological polar surface area (TPSA) is 93.2 Å². The third kappa shape index (κ3) is 4.16. The number of imidazole rings is 1. The maximum absolute atomic E-state index is 11.7. The molecule has 0 saturated carbocycles. The van der Waals surface area contributed by atoms with Crippen LogP contribution in [0.2, 0.25) is 0 Å². The molecule has 0 unspecified atom stereocenters. The summed E-state index contributed by atoms with van der Waals surface area (Å²) < 4.78 is 1.77. The predicted molar refractivity (Wildman–Crippen MR) is 64.5 cm³/mol. The molecule has 96 valence electrons. The van der Waals surface area contributed by atoms with Crippen molar-refractivity contribution in [2.75, 3.05) is 19.7 Å². The molecule has 1 rings (SSSR count). The molecule has 0 atom stereocenters. The Labute approximate surface area is 101 Å². The Hall–Kier alpha value is -1.40. The van der Waals surface area contributed by atoms with E-state index in [1.807, 2.05) is 13.8 Å². The lowest BCUT2D eigenvalue weighted by Crippen LogP contribution is -2.36. The van der Waals surface area contributed by atoms with Crippen LogP contribution in [0.25, 0.3) is 0 Å². The van der Waals surface area contributed by atoms with Gasteiger partial charge in [-0.15, -0.1) is 0 Å². The molecule has 6 heteroatoms. The third-order valence-corrected chi connectivity index (χ3v) is 2.41. The van der Waals surface area contributed by atoms with Gasteiger partial charge in [0.25, 0.3) is 5.91 Å². The first-order chi connectivity index (χ1) is 7.98. The highest BCUT2D eigenvalue weighted by Gasteiger charge is 2.18. The molecule has 6 nitrogen and oxygen atoms in total. The molecular weight excluding hydrogens is 220 g/mol. The van der Waals surface area contributed by atoms with Gasteiger partial charge in [-0.3, -0.25) is 4.79 Å². The molecule has 1 heterocycles. The monoisotopic (exact) mass is 240 g/mol. The molecule has 0 aliphatic heterocycles. The summed E-state index contributed by atoms with van der Waals surface area (Å²) in [5, 5.41) is 11.8. The Bertz CT molecular complexity index is 373. The fourth-order valence-electron chi connectivity index (χ4n) is 1.21. The van der Waals surface area contributed by atoms with Gasteiger partial charge in [0, 0.05) is 37.9 Å². The number of amides is 1. The largest absolute Gasteiger partial charge is 0.396 e. The molecule has 0 saturated heterocycles. The van der Waals surface area contributed by atoms with E-state index in [2.05, 4.69) is 10.3 Å². The Morgan fingerprint density at radius 3 is 2.94 bits per heavy atom. The molecule has 1 aromatic heterocycles. The molecule has 17 heavy (non-hydrogen) atoms. The van der Waals surface area contributed by atoms with Crippen molar-refractivity contribution >= 4 is 5.91 Å². The summed E-state index contributed by atoms with van der Waals surface area (Å²) in [4.78, 5) is 15.7. The highest BCUT2D eigenvalue weighted by Crippen LogP contribution is 2.11. The zero-order valence-electron chi connectivity index (χ0n) is 10.3. The van der Waals surface area contributed by atoms with E-state index in [-0.39, 0.29) is 17.9 Å². The Morgan fingerprint density at radius 1 is 1.65 bits per heavy atom. The maximum Gasteiger partial charge on any atom is 0.271 e. The first kappa shape index (κ1) is 13.7. The Morgan fingerprint density at radius 2 is 2.35 bits per heavy atom. The van der Waals surface area contributed by atoms with Crippen molar-refractivity contribution in [2.45, 2.75) is 20.4 Å². The second-order valence-electron chi connectivity index (χ2n) is 4.79. The van der Waals surface area contributed by atoms with Gasteiger partial charge in [0.15, 0.2) is 0 Å². The smallest absolute Gasteiger partial charge is 0.271 e. The third-order valence-electron chi connectivity index (χ3n) is 2.41. The van der Waals surface area contributed by atoms with E-state index in [0.29, 0.717) is 25.3 Å². The van der Waals surface area contributed by atoms with E-state index in [9.17, 15) is 4.79 Å². The van der Waals surface area contributed by atoms with Crippen molar-refractivity contribution in [3.8, 4) is 0 Å². The number of carbonyl (C=O) groups excluding carboxylic acids is 1. The quantitative estimate of drug-likeness (QED) is 0.630. The highest BCUT2D eigenvalue weighted by molar-refractivity contribution is 5.92. The maximum atomic E-state index is 11.7. The molecule has 1 aromatic rings. The molecule has 0 fully saturated rings. The van der Waals surface area contributed by atoms with Crippen molar-refractivity contribution < 1.29 is 9.90 Å². The van der Waals surface area contributed by atoms with E-state index in [1.165, 1.54) is 0 Å². The van der Waals surface area contributed by atoms with Crippen molar-refractivity contribution in [3.63, 3.8) is 0 Å². The predicted octanol–water partition coefficient (Wildman–Crippen LogP) is -0.410. The van der Waals surface area contributed by atoms with Crippen LogP contribution in [0, 0.1) is 5.41 Å². The summed E-state index contributed by atoms with van der Waals surface area (Å²) >= 11 is 0. The first-order valence-electron chi connectivity index (χ1n) is 5.59. The number of hydrogen-bond donors (Lipinski definition) is 3. The van der Waals surface area contributed by atoms with Gasteiger partial charge in [-0.05, 0) is 0 Å². The summed E-state index contributed by atoms with van der Waals surface area (Å²) in [5.74, 6) is -0.234. The highest BCUT2D eigenvalue weighted by atomic mass is 16.3. The van der Waals surface area contributed by atoms with Crippen molar-refractivity contribution in [1.82, 2.24) is 14.9 Å². The minimum atomic E-state index is -0.324. The van der Waals surface area contributed by atoms with E-state index >= 15 is 0 Å². The van der Waals surface area contributed by atoms with Gasteiger partial charge in [0.05, 0.1) is 6.33 Å². The van der Waals surface area contributed by atoms with Crippen molar-refractivity contribution in [2.24, 2.45) is 11.1 Å². The number of aromatic nitrogens is 2. The zero-order valence-corrected chi connectivity index (χ0v) is 10.3. The van der Waals surface area contributed by atoms with Crippen LogP contribution in [-0.4, -0.2) is 40.3 Å². The number of aliphatic hydroxyl groups excluding tert-OH is 1. The fourth-order valence-corrected chi connectivity index (χ4v) is 1.21. The van der Waals surface area contributed by atoms with Crippen LogP contribution >= 0.6 is 0 Å². The van der Waals surface area contributed by atoms with E-state index in [1.54, 1.807) is 17.1 Å². The molecule has 0 bridgehead atoms. The lowest BCUT2D eigenvalue weighted by Gasteiger charge is -2.21. The fraction of sp³-hybridized carbons (Fsp3) is 0.636. The number of hydrogen-bond acceptors (Lipinski definition) is 4. The number of nitrogens with two attached hydrogens (primary N) is 1. The van der Waals surface area contributed by atoms with Gasteiger partial charge in [0.2, 0.25) is 0 Å². The van der Waals surface area contributed by atoms with Crippen LogP contribution in [0.1, 0.15) is 24.3 Å². The van der Waals surface area contributed by atoms with Crippen molar-refractivity contribution in [3.05, 3.63) is 18.2 Å². The summed E-state index contributed by atoms with van der Waals surface area (Å²) in [7, 11) is 0. The number of carbonyl (C=O) groups is 1. The van der Waals surface area contributed by atoms with Gasteiger partial charge in [-0.2, -0.15) is 0 Å². The summed E-state index contributed by atoms with van der Waals surface area (Å²) in [6.07, 6.45) is 3.24. The van der Waals surface area contributed by atoms with Crippen LogP contribution in [0.15, 0.2) is 12.5 Å². The minimum absolute atomic E-state index is 0.0227. The Kier molecular flexibility index (Phi) is 4.65. The van der Waals surface area contributed by atoms with E-state index < -0.39 is 0 Å². The summed E-state index contributed by atoms with van der Waals surface area (Å²) in [6, 6.07) is 0. The number of rotatable bonds is 6. The molecule has 0 aromatic carbocycles. The van der Waals surface area contributed by atoms with E-state index in [0.717, 1.165) is 0 Å². The minimum Gasteiger partial charge on any atom is -0.396 e.